The van der Waals surface area contributed by atoms with Crippen molar-refractivity contribution in [1.82, 2.24) is 20.5 Å². The van der Waals surface area contributed by atoms with Crippen LogP contribution in [0.25, 0.3) is 10.9 Å². The number of benzene rings is 1. The van der Waals surface area contributed by atoms with Gasteiger partial charge in [-0.15, -0.1) is 6.58 Å². The Labute approximate surface area is 220 Å². The third-order valence-electron chi connectivity index (χ3n) is 10.6. The highest BCUT2D eigenvalue weighted by Crippen LogP contribution is 2.55. The smallest absolute Gasteiger partial charge is 0.315 e. The van der Waals surface area contributed by atoms with Gasteiger partial charge >= 0.3 is 6.03 Å². The Bertz CT molecular complexity index is 1180. The van der Waals surface area contributed by atoms with Crippen molar-refractivity contribution >= 4 is 16.9 Å². The van der Waals surface area contributed by atoms with Crippen molar-refractivity contribution in [2.45, 2.75) is 69.0 Å². The lowest BCUT2D eigenvalue weighted by Gasteiger charge is -2.57. The fourth-order valence-corrected chi connectivity index (χ4v) is 9.33. The Morgan fingerprint density at radius 3 is 2.57 bits per heavy atom. The molecule has 4 heterocycles. The quantitative estimate of drug-likeness (QED) is 0.518. The molecule has 3 aliphatic heterocycles. The van der Waals surface area contributed by atoms with Crippen LogP contribution < -0.4 is 15.4 Å². The first-order chi connectivity index (χ1) is 18.0. The molecule has 1 unspecified atom stereocenters. The number of pyridine rings is 1. The topological polar surface area (TPSA) is 66.5 Å². The van der Waals surface area contributed by atoms with Crippen LogP contribution in [0.3, 0.4) is 0 Å². The predicted octanol–water partition coefficient (Wildman–Crippen LogP) is 5.45. The first-order valence-electron chi connectivity index (χ1n) is 14.4. The summed E-state index contributed by atoms with van der Waals surface area (Å²) in [7, 11) is 1.70. The molecule has 2 N–H and O–H groups in total. The van der Waals surface area contributed by atoms with Crippen molar-refractivity contribution in [1.29, 1.82) is 0 Å². The second-order valence-electron chi connectivity index (χ2n) is 12.8. The maximum absolute atomic E-state index is 13.8. The molecule has 6 bridgehead atoms. The molecule has 0 radical (unpaired) electrons. The van der Waals surface area contributed by atoms with Crippen molar-refractivity contribution < 1.29 is 9.53 Å². The Hall–Kier alpha value is -2.60. The largest absolute Gasteiger partial charge is 0.497 e. The molecule has 7 aliphatic rings. The van der Waals surface area contributed by atoms with Crippen molar-refractivity contribution in [3.63, 3.8) is 0 Å². The van der Waals surface area contributed by atoms with E-state index in [9.17, 15) is 4.79 Å². The summed E-state index contributed by atoms with van der Waals surface area (Å²) in [6, 6.07) is 8.31. The molecule has 196 valence electrons. The van der Waals surface area contributed by atoms with Crippen LogP contribution in [-0.4, -0.2) is 47.7 Å². The number of amides is 2. The van der Waals surface area contributed by atoms with Crippen LogP contribution >= 0.6 is 0 Å². The average molecular weight is 501 g/mol. The monoisotopic (exact) mass is 500 g/mol. The van der Waals surface area contributed by atoms with Gasteiger partial charge in [0.2, 0.25) is 0 Å². The number of urea groups is 1. The van der Waals surface area contributed by atoms with Gasteiger partial charge in [0.1, 0.15) is 5.75 Å². The Kier molecular flexibility index (Phi) is 5.72. The second kappa shape index (κ2) is 9.00. The molecule has 6 heteroatoms. The zero-order chi connectivity index (χ0) is 25.1. The number of fused-ring (bicyclic) bond motifs is 4. The number of methoxy groups -OCH3 is 1. The highest BCUT2D eigenvalue weighted by molar-refractivity contribution is 5.85. The van der Waals surface area contributed by atoms with Gasteiger partial charge in [0.15, 0.2) is 0 Å². The number of piperidine rings is 3. The van der Waals surface area contributed by atoms with Gasteiger partial charge in [0.25, 0.3) is 0 Å². The third-order valence-corrected chi connectivity index (χ3v) is 10.6. The van der Waals surface area contributed by atoms with E-state index in [1.54, 1.807) is 7.11 Å². The van der Waals surface area contributed by atoms with Crippen LogP contribution in [0.4, 0.5) is 4.79 Å². The molecule has 37 heavy (non-hydrogen) atoms. The van der Waals surface area contributed by atoms with Crippen LogP contribution in [0.5, 0.6) is 5.75 Å². The molecule has 4 aliphatic carbocycles. The lowest BCUT2D eigenvalue weighted by molar-refractivity contribution is -0.0155. The number of nitrogens with one attached hydrogen (secondary N) is 2. The second-order valence-corrected chi connectivity index (χ2v) is 12.8. The zero-order valence-corrected chi connectivity index (χ0v) is 22.0. The van der Waals surface area contributed by atoms with Gasteiger partial charge in [-0.1, -0.05) is 6.08 Å². The first-order valence-corrected chi connectivity index (χ1v) is 14.4. The van der Waals surface area contributed by atoms with Crippen molar-refractivity contribution in [3.05, 3.63) is 48.7 Å². The SMILES string of the molecule is C=C[C@H]1CN2CC[C@H]1C[C@H]2[C@@H](NC(=O)NC12CC3CC(CC(C3)C1)C2)c1ccnc2ccc(OC)cc12. The molecule has 1 aromatic carbocycles. The van der Waals surface area contributed by atoms with Crippen LogP contribution in [0.2, 0.25) is 0 Å². The number of aromatic nitrogens is 1. The van der Waals surface area contributed by atoms with Crippen LogP contribution in [0, 0.1) is 29.6 Å². The summed E-state index contributed by atoms with van der Waals surface area (Å²) in [6.07, 6.45) is 13.9. The van der Waals surface area contributed by atoms with E-state index in [2.05, 4.69) is 45.3 Å². The molecule has 1 aromatic heterocycles. The summed E-state index contributed by atoms with van der Waals surface area (Å²) in [5.41, 5.74) is 2.07. The molecule has 2 amide bonds. The fourth-order valence-electron chi connectivity index (χ4n) is 9.33. The molecule has 7 fully saturated rings. The van der Waals surface area contributed by atoms with Gasteiger partial charge in [0.05, 0.1) is 18.7 Å². The number of carbonyl (C=O) groups is 1. The lowest BCUT2D eigenvalue weighted by atomic mass is 9.53. The van der Waals surface area contributed by atoms with E-state index in [0.29, 0.717) is 11.8 Å². The fraction of sp³-hybridized carbons (Fsp3) is 0.613. The van der Waals surface area contributed by atoms with Crippen molar-refractivity contribution in [2.75, 3.05) is 20.2 Å². The normalized spacial score (nSPS) is 38.4. The molecule has 0 spiro atoms. The number of carbonyl (C=O) groups excluding carboxylic acids is 1. The first kappa shape index (κ1) is 23.5. The Morgan fingerprint density at radius 2 is 1.92 bits per heavy atom. The van der Waals surface area contributed by atoms with Crippen molar-refractivity contribution in [2.24, 2.45) is 29.6 Å². The van der Waals surface area contributed by atoms with Gasteiger partial charge in [-0.3, -0.25) is 9.88 Å². The minimum Gasteiger partial charge on any atom is -0.497 e. The minimum atomic E-state index is -0.111. The van der Waals surface area contributed by atoms with Gasteiger partial charge < -0.3 is 15.4 Å². The maximum atomic E-state index is 13.8. The molecule has 9 rings (SSSR count). The third kappa shape index (κ3) is 4.12. The van der Waals surface area contributed by atoms with E-state index >= 15 is 0 Å². The van der Waals surface area contributed by atoms with Crippen LogP contribution in [0.1, 0.15) is 63.0 Å². The molecular formula is C31H40N4O2. The number of nitrogens with zero attached hydrogens (tertiary/aromatic N) is 2. The molecule has 5 atom stereocenters. The average Bonchev–Trinajstić information content (AvgIpc) is 2.90. The van der Waals surface area contributed by atoms with Crippen LogP contribution in [0.15, 0.2) is 43.1 Å². The molecule has 4 saturated carbocycles. The summed E-state index contributed by atoms with van der Waals surface area (Å²) in [5, 5.41) is 8.17. The summed E-state index contributed by atoms with van der Waals surface area (Å²) in [4.78, 5) is 21.1. The summed E-state index contributed by atoms with van der Waals surface area (Å²) >= 11 is 0. The summed E-state index contributed by atoms with van der Waals surface area (Å²) in [6.45, 7) is 6.23. The number of hydrogen-bond acceptors (Lipinski definition) is 4. The standard InChI is InChI=1S/C31H40N4O2/c1-3-22-18-35-9-7-23(22)13-28(35)29(25-6-8-32-27-5-4-24(37-2)14-26(25)27)33-30(36)34-31-15-19-10-20(16-31)12-21(11-19)17-31/h3-6,8,14,19-23,28-29H,1,7,9-13,15-18H2,2H3,(H2,33,34,36)/t19?,20?,21?,22-,23-,28-,29-,31?/m0/s1. The molecule has 6 nitrogen and oxygen atoms in total. The van der Waals surface area contributed by atoms with E-state index in [-0.39, 0.29) is 23.7 Å². The lowest BCUT2D eigenvalue weighted by Crippen LogP contribution is -2.63. The van der Waals surface area contributed by atoms with Gasteiger partial charge in [-0.05, 0) is 117 Å². The molecule has 3 saturated heterocycles. The Balaban J connectivity index is 1.21. The number of hydrogen-bond donors (Lipinski definition) is 2. The van der Waals surface area contributed by atoms with Crippen molar-refractivity contribution in [3.8, 4) is 5.75 Å². The maximum Gasteiger partial charge on any atom is 0.315 e. The molecular weight excluding hydrogens is 460 g/mol. The van der Waals surface area contributed by atoms with E-state index in [1.165, 1.54) is 25.7 Å². The van der Waals surface area contributed by atoms with Gasteiger partial charge in [-0.2, -0.15) is 0 Å². The minimum absolute atomic E-state index is 0.00252. The predicted molar refractivity (Wildman–Crippen MR) is 145 cm³/mol. The zero-order valence-electron chi connectivity index (χ0n) is 22.0. The summed E-state index contributed by atoms with van der Waals surface area (Å²) in [5.74, 6) is 4.39. The van der Waals surface area contributed by atoms with E-state index < -0.39 is 0 Å². The molecule has 2 aromatic rings. The highest BCUT2D eigenvalue weighted by atomic mass is 16.5. The Morgan fingerprint density at radius 1 is 1.16 bits per heavy atom. The summed E-state index contributed by atoms with van der Waals surface area (Å²) < 4.78 is 5.57. The van der Waals surface area contributed by atoms with E-state index in [1.807, 2.05) is 18.3 Å². The van der Waals surface area contributed by atoms with E-state index in [0.717, 1.165) is 78.7 Å². The number of ether oxygens (including phenoxy) is 1. The van der Waals surface area contributed by atoms with Gasteiger partial charge in [-0.25, -0.2) is 4.79 Å². The van der Waals surface area contributed by atoms with Gasteiger partial charge in [0, 0.05) is 29.7 Å². The highest BCUT2D eigenvalue weighted by Gasteiger charge is 2.52. The number of rotatable bonds is 6. The van der Waals surface area contributed by atoms with E-state index in [4.69, 9.17) is 4.74 Å². The van der Waals surface area contributed by atoms with Crippen LogP contribution in [-0.2, 0) is 0 Å².